The van der Waals surface area contributed by atoms with Crippen molar-refractivity contribution in [2.24, 2.45) is 0 Å². The van der Waals surface area contributed by atoms with E-state index >= 15 is 0 Å². The Hall–Kier alpha value is -4.52. The Kier molecular flexibility index (Phi) is 6.25. The van der Waals surface area contributed by atoms with Crippen LogP contribution in [0.25, 0.3) is 11.1 Å². The van der Waals surface area contributed by atoms with Crippen LogP contribution in [-0.4, -0.2) is 30.7 Å². The number of amides is 1. The molecular weight excluding hydrogens is 424 g/mol. The molecule has 0 aliphatic heterocycles. The van der Waals surface area contributed by atoms with Crippen LogP contribution in [0.4, 0.5) is 0 Å². The zero-order chi connectivity index (χ0) is 23.2. The third kappa shape index (κ3) is 5.10. The van der Waals surface area contributed by atoms with Crippen molar-refractivity contribution >= 4 is 5.91 Å². The highest BCUT2D eigenvalue weighted by molar-refractivity contribution is 5.91. The van der Waals surface area contributed by atoms with E-state index in [1.54, 1.807) is 17.1 Å². The highest BCUT2D eigenvalue weighted by Crippen LogP contribution is 2.24. The minimum Gasteiger partial charge on any atom is -0.346 e. The van der Waals surface area contributed by atoms with Gasteiger partial charge in [-0.2, -0.15) is 5.10 Å². The normalized spacial score (nSPS) is 10.8. The van der Waals surface area contributed by atoms with Gasteiger partial charge >= 0.3 is 0 Å². The minimum atomic E-state index is -0.247. The van der Waals surface area contributed by atoms with Crippen molar-refractivity contribution in [3.63, 3.8) is 0 Å². The lowest BCUT2D eigenvalue weighted by Gasteiger charge is -2.11. The quantitative estimate of drug-likeness (QED) is 0.387. The van der Waals surface area contributed by atoms with E-state index in [1.165, 1.54) is 5.56 Å². The van der Waals surface area contributed by atoms with Gasteiger partial charge in [-0.1, -0.05) is 84.1 Å². The summed E-state index contributed by atoms with van der Waals surface area (Å²) >= 11 is 0. The van der Waals surface area contributed by atoms with Crippen LogP contribution in [-0.2, 0) is 19.6 Å². The standard InChI is InChI=1S/C27H24N6O/c34-27(26-20-33(31-30-26)19-21-7-2-1-3-8-21)28-17-24-9-4-5-10-25(24)23-13-11-22(12-14-23)18-32-16-6-15-29-32/h1-16,20H,17-19H2,(H,28,34). The highest BCUT2D eigenvalue weighted by Gasteiger charge is 2.12. The van der Waals surface area contributed by atoms with Crippen LogP contribution in [0.15, 0.2) is 104 Å². The van der Waals surface area contributed by atoms with E-state index in [-0.39, 0.29) is 5.91 Å². The summed E-state index contributed by atoms with van der Waals surface area (Å²) in [5.74, 6) is -0.247. The van der Waals surface area contributed by atoms with E-state index in [0.29, 0.717) is 18.8 Å². The number of carbonyl (C=O) groups excluding carboxylic acids is 1. The van der Waals surface area contributed by atoms with Crippen molar-refractivity contribution < 1.29 is 4.79 Å². The van der Waals surface area contributed by atoms with Crippen LogP contribution >= 0.6 is 0 Å². The average molecular weight is 449 g/mol. The Morgan fingerprint density at radius 3 is 2.32 bits per heavy atom. The predicted octanol–water partition coefficient (Wildman–Crippen LogP) is 4.17. The van der Waals surface area contributed by atoms with Gasteiger partial charge in [0.15, 0.2) is 5.69 Å². The number of aromatic nitrogens is 5. The molecule has 0 radical (unpaired) electrons. The summed E-state index contributed by atoms with van der Waals surface area (Å²) in [6, 6.07) is 28.4. The number of hydrogen-bond donors (Lipinski definition) is 1. The molecule has 0 aliphatic carbocycles. The molecule has 0 bridgehead atoms. The molecule has 7 heteroatoms. The first-order valence-corrected chi connectivity index (χ1v) is 11.1. The van der Waals surface area contributed by atoms with Crippen molar-refractivity contribution in [2.45, 2.75) is 19.6 Å². The van der Waals surface area contributed by atoms with Gasteiger partial charge in [-0.05, 0) is 33.9 Å². The summed E-state index contributed by atoms with van der Waals surface area (Å²) in [6.07, 6.45) is 5.40. The molecule has 5 rings (SSSR count). The molecule has 5 aromatic rings. The predicted molar refractivity (Wildman–Crippen MR) is 130 cm³/mol. The van der Waals surface area contributed by atoms with Gasteiger partial charge < -0.3 is 5.32 Å². The molecule has 0 atom stereocenters. The van der Waals surface area contributed by atoms with Crippen LogP contribution in [0.5, 0.6) is 0 Å². The molecule has 0 aliphatic rings. The van der Waals surface area contributed by atoms with E-state index in [4.69, 9.17) is 0 Å². The van der Waals surface area contributed by atoms with Gasteiger partial charge in [0.25, 0.3) is 5.91 Å². The second-order valence-electron chi connectivity index (χ2n) is 8.03. The Balaban J connectivity index is 1.24. The Bertz CT molecular complexity index is 1360. The lowest BCUT2D eigenvalue weighted by Crippen LogP contribution is -2.23. The van der Waals surface area contributed by atoms with Gasteiger partial charge in [0, 0.05) is 18.9 Å². The third-order valence-corrected chi connectivity index (χ3v) is 5.58. The van der Waals surface area contributed by atoms with Crippen molar-refractivity contribution in [2.75, 3.05) is 0 Å². The Labute approximate surface area is 197 Å². The van der Waals surface area contributed by atoms with E-state index in [1.807, 2.05) is 65.5 Å². The summed E-state index contributed by atoms with van der Waals surface area (Å²) in [5, 5.41) is 15.4. The van der Waals surface area contributed by atoms with E-state index in [0.717, 1.165) is 28.8 Å². The van der Waals surface area contributed by atoms with E-state index < -0.39 is 0 Å². The molecule has 2 aromatic heterocycles. The lowest BCUT2D eigenvalue weighted by atomic mass is 9.98. The van der Waals surface area contributed by atoms with Crippen LogP contribution in [0.3, 0.4) is 0 Å². The van der Waals surface area contributed by atoms with E-state index in [9.17, 15) is 4.79 Å². The second kappa shape index (κ2) is 9.95. The van der Waals surface area contributed by atoms with Crippen molar-refractivity contribution in [3.8, 4) is 11.1 Å². The first-order valence-electron chi connectivity index (χ1n) is 11.1. The van der Waals surface area contributed by atoms with Crippen LogP contribution < -0.4 is 5.32 Å². The second-order valence-corrected chi connectivity index (χ2v) is 8.03. The maximum Gasteiger partial charge on any atom is 0.273 e. The smallest absolute Gasteiger partial charge is 0.273 e. The maximum absolute atomic E-state index is 12.7. The van der Waals surface area contributed by atoms with Crippen molar-refractivity contribution in [1.29, 1.82) is 0 Å². The Morgan fingerprint density at radius 1 is 0.794 bits per heavy atom. The van der Waals surface area contributed by atoms with Gasteiger partial charge in [0.2, 0.25) is 0 Å². The number of nitrogens with one attached hydrogen (secondary N) is 1. The summed E-state index contributed by atoms with van der Waals surface area (Å²) < 4.78 is 3.57. The van der Waals surface area contributed by atoms with Crippen molar-refractivity contribution in [1.82, 2.24) is 30.1 Å². The average Bonchev–Trinajstić information content (AvgIpc) is 3.56. The number of rotatable bonds is 8. The van der Waals surface area contributed by atoms with E-state index in [2.05, 4.69) is 51.1 Å². The molecule has 2 heterocycles. The molecule has 0 saturated carbocycles. The fourth-order valence-corrected chi connectivity index (χ4v) is 3.84. The summed E-state index contributed by atoms with van der Waals surface area (Å²) in [6.45, 7) is 1.70. The molecule has 3 aromatic carbocycles. The molecule has 0 unspecified atom stereocenters. The van der Waals surface area contributed by atoms with Gasteiger partial charge in [-0.3, -0.25) is 9.48 Å². The zero-order valence-corrected chi connectivity index (χ0v) is 18.6. The summed E-state index contributed by atoms with van der Waals surface area (Å²) in [4.78, 5) is 12.7. The molecule has 168 valence electrons. The van der Waals surface area contributed by atoms with Crippen molar-refractivity contribution in [3.05, 3.63) is 126 Å². The SMILES string of the molecule is O=C(NCc1ccccc1-c1ccc(Cn2cccn2)cc1)c1cn(Cc2ccccc2)nn1. The fraction of sp³-hybridized carbons (Fsp3) is 0.111. The number of nitrogens with zero attached hydrogens (tertiary/aromatic N) is 5. The number of carbonyl (C=O) groups is 1. The first-order chi connectivity index (χ1) is 16.7. The molecule has 0 saturated heterocycles. The minimum absolute atomic E-state index is 0.247. The third-order valence-electron chi connectivity index (χ3n) is 5.58. The van der Waals surface area contributed by atoms with Gasteiger partial charge in [-0.15, -0.1) is 5.10 Å². The summed E-state index contributed by atoms with van der Waals surface area (Å²) in [7, 11) is 0. The lowest BCUT2D eigenvalue weighted by molar-refractivity contribution is 0.0946. The summed E-state index contributed by atoms with van der Waals surface area (Å²) in [5.41, 5.74) is 5.80. The zero-order valence-electron chi connectivity index (χ0n) is 18.6. The van der Waals surface area contributed by atoms with Crippen LogP contribution in [0.1, 0.15) is 27.2 Å². The maximum atomic E-state index is 12.7. The first kappa shape index (κ1) is 21.3. The Morgan fingerprint density at radius 2 is 1.53 bits per heavy atom. The van der Waals surface area contributed by atoms with Crippen LogP contribution in [0, 0.1) is 0 Å². The molecular formula is C27H24N6O. The number of hydrogen-bond acceptors (Lipinski definition) is 4. The topological polar surface area (TPSA) is 77.6 Å². The molecule has 7 nitrogen and oxygen atoms in total. The molecule has 1 amide bonds. The monoisotopic (exact) mass is 448 g/mol. The van der Waals surface area contributed by atoms with Crippen LogP contribution in [0.2, 0.25) is 0 Å². The highest BCUT2D eigenvalue weighted by atomic mass is 16.2. The molecule has 34 heavy (non-hydrogen) atoms. The van der Waals surface area contributed by atoms with Gasteiger partial charge in [-0.25, -0.2) is 4.68 Å². The largest absolute Gasteiger partial charge is 0.346 e. The fourth-order valence-electron chi connectivity index (χ4n) is 3.84. The molecule has 0 fully saturated rings. The number of benzene rings is 3. The molecule has 0 spiro atoms. The molecule has 1 N–H and O–H groups in total. The van der Waals surface area contributed by atoms with Gasteiger partial charge in [0.05, 0.1) is 19.3 Å². The van der Waals surface area contributed by atoms with Gasteiger partial charge in [0.1, 0.15) is 0 Å².